The molecule has 3 aromatic rings. The van der Waals surface area contributed by atoms with E-state index >= 15 is 0 Å². The third-order valence-corrected chi connectivity index (χ3v) is 3.54. The van der Waals surface area contributed by atoms with Gasteiger partial charge >= 0.3 is 0 Å². The molecule has 0 bridgehead atoms. The molecule has 0 radical (unpaired) electrons. The van der Waals surface area contributed by atoms with Crippen molar-refractivity contribution < 1.29 is 9.18 Å². The van der Waals surface area contributed by atoms with E-state index in [9.17, 15) is 9.18 Å². The highest BCUT2D eigenvalue weighted by Gasteiger charge is 2.13. The molecule has 25 heavy (non-hydrogen) atoms. The minimum Gasteiger partial charge on any atom is -0.305 e. The van der Waals surface area contributed by atoms with Crippen LogP contribution in [0.25, 0.3) is 16.1 Å². The molecule has 1 amide bonds. The van der Waals surface area contributed by atoms with Crippen molar-refractivity contribution in [2.45, 2.75) is 6.92 Å². The van der Waals surface area contributed by atoms with Crippen LogP contribution in [-0.2, 0) is 0 Å². The summed E-state index contributed by atoms with van der Waals surface area (Å²) in [5.74, 6) is -1.15. The van der Waals surface area contributed by atoms with Crippen molar-refractivity contribution in [3.8, 4) is 11.3 Å². The van der Waals surface area contributed by atoms with Crippen LogP contribution in [0.5, 0.6) is 0 Å². The number of nitrogens with one attached hydrogen (secondary N) is 1. The normalized spacial score (nSPS) is 10.1. The van der Waals surface area contributed by atoms with Gasteiger partial charge in [-0.1, -0.05) is 12.1 Å². The first-order valence-corrected chi connectivity index (χ1v) is 7.30. The molecule has 2 heterocycles. The second kappa shape index (κ2) is 6.84. The van der Waals surface area contributed by atoms with Gasteiger partial charge in [-0.2, -0.15) is 0 Å². The Morgan fingerprint density at radius 2 is 2.04 bits per heavy atom. The lowest BCUT2D eigenvalue weighted by Crippen LogP contribution is -2.15. The number of anilines is 1. The monoisotopic (exact) mass is 333 g/mol. The Morgan fingerprint density at radius 1 is 1.20 bits per heavy atom. The lowest BCUT2D eigenvalue weighted by molar-refractivity contribution is 0.102. The van der Waals surface area contributed by atoms with E-state index in [4.69, 9.17) is 6.57 Å². The van der Waals surface area contributed by atoms with Crippen molar-refractivity contribution in [2.24, 2.45) is 0 Å². The number of amides is 1. The maximum absolute atomic E-state index is 13.6. The highest BCUT2D eigenvalue weighted by molar-refractivity contribution is 6.03. The first kappa shape index (κ1) is 16.2. The van der Waals surface area contributed by atoms with Crippen molar-refractivity contribution in [3.63, 3.8) is 0 Å². The van der Waals surface area contributed by atoms with E-state index in [0.717, 1.165) is 17.3 Å². The molecular formula is C18H12FN5O. The van der Waals surface area contributed by atoms with Crippen LogP contribution in [0.3, 0.4) is 0 Å². The molecule has 0 fully saturated rings. The van der Waals surface area contributed by atoms with E-state index < -0.39 is 11.7 Å². The molecule has 0 aliphatic carbocycles. The van der Waals surface area contributed by atoms with E-state index in [1.165, 1.54) is 24.7 Å². The van der Waals surface area contributed by atoms with Gasteiger partial charge < -0.3 is 5.32 Å². The van der Waals surface area contributed by atoms with Crippen LogP contribution in [0.4, 0.5) is 15.9 Å². The van der Waals surface area contributed by atoms with Crippen LogP contribution in [0.1, 0.15) is 15.9 Å². The van der Waals surface area contributed by atoms with Crippen LogP contribution in [0.2, 0.25) is 0 Å². The second-order valence-electron chi connectivity index (χ2n) is 5.21. The molecule has 1 N–H and O–H groups in total. The van der Waals surface area contributed by atoms with Gasteiger partial charge in [0.05, 0.1) is 36.4 Å². The molecule has 0 atom stereocenters. The molecular weight excluding hydrogens is 321 g/mol. The minimum atomic E-state index is -0.712. The summed E-state index contributed by atoms with van der Waals surface area (Å²) in [6.45, 7) is 9.00. The van der Waals surface area contributed by atoms with Crippen LogP contribution >= 0.6 is 0 Å². The molecule has 0 spiro atoms. The van der Waals surface area contributed by atoms with Gasteiger partial charge in [-0.15, -0.1) is 0 Å². The van der Waals surface area contributed by atoms with Gasteiger partial charge in [-0.25, -0.2) is 14.2 Å². The van der Waals surface area contributed by atoms with E-state index in [-0.39, 0.29) is 11.4 Å². The van der Waals surface area contributed by atoms with E-state index in [0.29, 0.717) is 11.4 Å². The summed E-state index contributed by atoms with van der Waals surface area (Å²) < 4.78 is 13.6. The van der Waals surface area contributed by atoms with Gasteiger partial charge in [0.15, 0.2) is 17.3 Å². The number of hydrogen-bond acceptors (Lipinski definition) is 4. The largest absolute Gasteiger partial charge is 0.305 e. The number of benzene rings is 1. The number of aromatic nitrogens is 3. The first-order valence-electron chi connectivity index (χ1n) is 7.30. The fourth-order valence-electron chi connectivity index (χ4n) is 2.23. The Kier molecular flexibility index (Phi) is 4.44. The predicted octanol–water partition coefficient (Wildman–Crippen LogP) is 3.79. The molecule has 0 saturated carbocycles. The van der Waals surface area contributed by atoms with Crippen LogP contribution < -0.4 is 5.32 Å². The molecule has 0 unspecified atom stereocenters. The summed E-state index contributed by atoms with van der Waals surface area (Å²) in [4.78, 5) is 27.5. The smallest absolute Gasteiger partial charge is 0.259 e. The van der Waals surface area contributed by atoms with Crippen molar-refractivity contribution in [1.29, 1.82) is 0 Å². The average Bonchev–Trinajstić information content (AvgIpc) is 2.63. The lowest BCUT2D eigenvalue weighted by Gasteiger charge is -2.08. The Labute approximate surface area is 143 Å². The van der Waals surface area contributed by atoms with Gasteiger partial charge in [0.25, 0.3) is 5.91 Å². The lowest BCUT2D eigenvalue weighted by atomic mass is 10.1. The Morgan fingerprint density at radius 3 is 2.72 bits per heavy atom. The average molecular weight is 333 g/mol. The molecule has 2 aromatic heterocycles. The Hall–Kier alpha value is -3.66. The Balaban J connectivity index is 1.83. The Bertz CT molecular complexity index is 980. The number of hydrogen-bond donors (Lipinski definition) is 1. The minimum absolute atomic E-state index is 0.124. The van der Waals surface area contributed by atoms with Gasteiger partial charge in [0.2, 0.25) is 0 Å². The van der Waals surface area contributed by atoms with Gasteiger partial charge in [0, 0.05) is 6.20 Å². The number of halogens is 1. The van der Waals surface area contributed by atoms with Gasteiger partial charge in [-0.05, 0) is 30.2 Å². The van der Waals surface area contributed by atoms with E-state index in [1.807, 2.05) is 13.0 Å². The van der Waals surface area contributed by atoms with Gasteiger partial charge in [-0.3, -0.25) is 14.8 Å². The van der Waals surface area contributed by atoms with Crippen molar-refractivity contribution >= 4 is 17.4 Å². The molecule has 1 aromatic carbocycles. The number of carbonyl (C=O) groups excluding carboxylic acids is 1. The fourth-order valence-corrected chi connectivity index (χ4v) is 2.23. The first-order chi connectivity index (χ1) is 12.1. The molecule has 6 nitrogen and oxygen atoms in total. The predicted molar refractivity (Wildman–Crippen MR) is 90.6 cm³/mol. The van der Waals surface area contributed by atoms with Gasteiger partial charge in [0.1, 0.15) is 0 Å². The summed E-state index contributed by atoms with van der Waals surface area (Å²) in [7, 11) is 0. The molecule has 122 valence electrons. The standard InChI is InChI=1S/C18H12FN5O/c1-11-3-4-12(20-2)7-14(11)16-9-23-17(10-22-16)24-18(25)13-5-6-21-8-15(13)19/h3-10H,1H3,(H,23,24,25). The van der Waals surface area contributed by atoms with Crippen molar-refractivity contribution in [1.82, 2.24) is 15.0 Å². The van der Waals surface area contributed by atoms with E-state index in [1.54, 1.807) is 12.1 Å². The number of carbonyl (C=O) groups is 1. The highest BCUT2D eigenvalue weighted by Crippen LogP contribution is 2.26. The summed E-state index contributed by atoms with van der Waals surface area (Å²) in [6, 6.07) is 6.59. The summed E-state index contributed by atoms with van der Waals surface area (Å²) in [6.07, 6.45) is 5.18. The highest BCUT2D eigenvalue weighted by atomic mass is 19.1. The molecule has 0 aliphatic heterocycles. The van der Waals surface area contributed by atoms with Crippen LogP contribution in [0.15, 0.2) is 49.1 Å². The zero-order valence-corrected chi connectivity index (χ0v) is 13.2. The summed E-state index contributed by atoms with van der Waals surface area (Å²) in [5.41, 5.74) is 2.71. The second-order valence-corrected chi connectivity index (χ2v) is 5.21. The number of nitrogens with zero attached hydrogens (tertiary/aromatic N) is 4. The molecule has 7 heteroatoms. The van der Waals surface area contributed by atoms with Crippen molar-refractivity contribution in [2.75, 3.05) is 5.32 Å². The quantitative estimate of drug-likeness (QED) is 0.740. The third-order valence-electron chi connectivity index (χ3n) is 3.54. The molecule has 0 aliphatic rings. The number of rotatable bonds is 3. The summed E-state index contributed by atoms with van der Waals surface area (Å²) in [5, 5.41) is 2.49. The SMILES string of the molecule is [C-]#[N+]c1ccc(C)c(-c2cnc(NC(=O)c3ccncc3F)cn2)c1. The topological polar surface area (TPSA) is 72.1 Å². The fraction of sp³-hybridized carbons (Fsp3) is 0.0556. The van der Waals surface area contributed by atoms with Crippen LogP contribution in [0, 0.1) is 19.3 Å². The van der Waals surface area contributed by atoms with E-state index in [2.05, 4.69) is 25.1 Å². The maximum atomic E-state index is 13.6. The summed E-state index contributed by atoms with van der Waals surface area (Å²) >= 11 is 0. The molecule has 0 saturated heterocycles. The maximum Gasteiger partial charge on any atom is 0.259 e. The zero-order chi connectivity index (χ0) is 17.8. The number of pyridine rings is 1. The zero-order valence-electron chi connectivity index (χ0n) is 13.2. The number of aryl methyl sites for hydroxylation is 1. The third kappa shape index (κ3) is 3.48. The van der Waals surface area contributed by atoms with Crippen LogP contribution in [-0.4, -0.2) is 20.9 Å². The molecule has 3 rings (SSSR count). The van der Waals surface area contributed by atoms with Crippen molar-refractivity contribution in [3.05, 3.63) is 77.4 Å².